The molecule has 0 bridgehead atoms. The Kier molecular flexibility index (Phi) is 5.57. The summed E-state index contributed by atoms with van der Waals surface area (Å²) in [6, 6.07) is 18.7. The molecule has 2 heterocycles. The monoisotopic (exact) mass is 408 g/mol. The van der Waals surface area contributed by atoms with Crippen LogP contribution in [0.4, 0.5) is 17.1 Å². The number of carbonyl (C=O) groups is 2. The maximum absolute atomic E-state index is 12.9. The van der Waals surface area contributed by atoms with Crippen LogP contribution in [0.25, 0.3) is 22.2 Å². The number of hydrogen-bond donors (Lipinski definition) is 1. The van der Waals surface area contributed by atoms with Crippen LogP contribution in [0.5, 0.6) is 0 Å². The summed E-state index contributed by atoms with van der Waals surface area (Å²) in [7, 11) is 0. The van der Waals surface area contributed by atoms with Gasteiger partial charge in [-0.15, -0.1) is 0 Å². The number of rotatable bonds is 2. The summed E-state index contributed by atoms with van der Waals surface area (Å²) >= 11 is 0. The molecule has 1 N–H and O–H groups in total. The average molecular weight is 408 g/mol. The molecule has 9 heteroatoms. The van der Waals surface area contributed by atoms with Crippen LogP contribution in [-0.4, -0.2) is 27.3 Å². The van der Waals surface area contributed by atoms with Gasteiger partial charge in [-0.25, -0.2) is 0 Å². The van der Waals surface area contributed by atoms with Crippen LogP contribution >= 0.6 is 0 Å². The molecule has 1 aromatic heterocycles. The third kappa shape index (κ3) is 3.63. The molecule has 0 saturated heterocycles. The van der Waals surface area contributed by atoms with Gasteiger partial charge in [-0.1, -0.05) is 42.5 Å². The zero-order chi connectivity index (χ0) is 19.1. The van der Waals surface area contributed by atoms with Crippen LogP contribution in [0, 0.1) is 0 Å². The van der Waals surface area contributed by atoms with Gasteiger partial charge in [0.25, 0.3) is 0 Å². The minimum atomic E-state index is -0.339. The van der Waals surface area contributed by atoms with Crippen molar-refractivity contribution >= 4 is 39.6 Å². The van der Waals surface area contributed by atoms with E-state index in [1.165, 1.54) is 0 Å². The van der Waals surface area contributed by atoms with E-state index in [0.29, 0.717) is 28.5 Å². The SMILES string of the molecule is O=C1CC(=O)N(c2cccc(-c3nnn[n-]3)c2)c2ccc3ccccc3c2N1.[K+]. The molecule has 0 saturated carbocycles. The molecule has 0 atom stereocenters. The second-order valence-corrected chi connectivity index (χ2v) is 6.39. The number of benzene rings is 3. The van der Waals surface area contributed by atoms with Crippen LogP contribution in [0.2, 0.25) is 0 Å². The van der Waals surface area contributed by atoms with Gasteiger partial charge in [0.2, 0.25) is 11.8 Å². The van der Waals surface area contributed by atoms with E-state index in [9.17, 15) is 9.59 Å². The Morgan fingerprint density at radius 1 is 1.00 bits per heavy atom. The molecule has 0 radical (unpaired) electrons. The predicted octanol–water partition coefficient (Wildman–Crippen LogP) is -0.340. The van der Waals surface area contributed by atoms with Gasteiger partial charge in [0.15, 0.2) is 0 Å². The molecular formula is C20H13KN6O2. The van der Waals surface area contributed by atoms with Crippen molar-refractivity contribution in [1.29, 1.82) is 0 Å². The Morgan fingerprint density at radius 2 is 1.86 bits per heavy atom. The topological polar surface area (TPSA) is 102 Å². The van der Waals surface area contributed by atoms with Gasteiger partial charge in [-0.05, 0) is 29.1 Å². The number of tetrazole rings is 1. The predicted molar refractivity (Wildman–Crippen MR) is 103 cm³/mol. The molecule has 5 rings (SSSR count). The van der Waals surface area contributed by atoms with Gasteiger partial charge >= 0.3 is 51.4 Å². The van der Waals surface area contributed by atoms with Gasteiger partial charge in [0.1, 0.15) is 6.42 Å². The van der Waals surface area contributed by atoms with Crippen LogP contribution in [0.15, 0.2) is 60.7 Å². The summed E-state index contributed by atoms with van der Waals surface area (Å²) in [6.45, 7) is 0. The second kappa shape index (κ2) is 8.13. The Balaban J connectivity index is 0.00000205. The molecule has 4 aromatic rings. The minimum absolute atomic E-state index is 0. The van der Waals surface area contributed by atoms with Crippen molar-refractivity contribution in [3.05, 3.63) is 60.7 Å². The van der Waals surface area contributed by atoms with Gasteiger partial charge in [-0.2, -0.15) is 5.21 Å². The summed E-state index contributed by atoms with van der Waals surface area (Å²) in [5.41, 5.74) is 2.53. The quantitative estimate of drug-likeness (QED) is 0.360. The van der Waals surface area contributed by atoms with Crippen molar-refractivity contribution in [3.63, 3.8) is 0 Å². The Morgan fingerprint density at radius 3 is 2.69 bits per heavy atom. The van der Waals surface area contributed by atoms with Gasteiger partial charge < -0.3 is 10.4 Å². The molecule has 8 nitrogen and oxygen atoms in total. The first-order valence-corrected chi connectivity index (χ1v) is 8.64. The number of nitrogens with one attached hydrogen (secondary N) is 1. The third-order valence-electron chi connectivity index (χ3n) is 4.65. The first kappa shape index (κ1) is 19.9. The first-order valence-electron chi connectivity index (χ1n) is 8.64. The van der Waals surface area contributed by atoms with Crippen molar-refractivity contribution in [2.75, 3.05) is 10.2 Å². The molecule has 2 amide bonds. The second-order valence-electron chi connectivity index (χ2n) is 6.39. The van der Waals surface area contributed by atoms with Crippen LogP contribution in [0.3, 0.4) is 0 Å². The fourth-order valence-corrected chi connectivity index (χ4v) is 3.44. The van der Waals surface area contributed by atoms with E-state index in [1.54, 1.807) is 23.1 Å². The van der Waals surface area contributed by atoms with E-state index in [0.717, 1.165) is 10.8 Å². The summed E-state index contributed by atoms with van der Waals surface area (Å²) in [5, 5.41) is 19.5. The van der Waals surface area contributed by atoms with Crippen LogP contribution < -0.4 is 66.7 Å². The number of fused-ring (bicyclic) bond motifs is 3. The summed E-state index contributed by atoms with van der Waals surface area (Å²) in [4.78, 5) is 26.8. The number of amides is 2. The van der Waals surface area contributed by atoms with Gasteiger partial charge in [0.05, 0.1) is 11.4 Å². The fraction of sp³-hybridized carbons (Fsp3) is 0.0500. The molecule has 0 aliphatic carbocycles. The maximum Gasteiger partial charge on any atom is 1.00 e. The summed E-state index contributed by atoms with van der Waals surface area (Å²) in [5.74, 6) is -0.283. The number of hydrogen-bond acceptors (Lipinski definition) is 5. The summed E-state index contributed by atoms with van der Waals surface area (Å²) in [6.07, 6.45) is -0.247. The number of nitrogens with zero attached hydrogens (tertiary/aromatic N) is 5. The van der Waals surface area contributed by atoms with E-state index in [1.807, 2.05) is 42.5 Å². The van der Waals surface area contributed by atoms with Gasteiger partial charge in [-0.3, -0.25) is 24.8 Å². The van der Waals surface area contributed by atoms with E-state index in [4.69, 9.17) is 0 Å². The van der Waals surface area contributed by atoms with Crippen molar-refractivity contribution in [3.8, 4) is 11.4 Å². The molecule has 136 valence electrons. The first-order chi connectivity index (χ1) is 13.7. The van der Waals surface area contributed by atoms with Gasteiger partial charge in [0, 0.05) is 16.9 Å². The molecular weight excluding hydrogens is 395 g/mol. The molecule has 0 fully saturated rings. The maximum atomic E-state index is 12.9. The van der Waals surface area contributed by atoms with E-state index >= 15 is 0 Å². The van der Waals surface area contributed by atoms with E-state index < -0.39 is 0 Å². The van der Waals surface area contributed by atoms with E-state index in [-0.39, 0.29) is 69.6 Å². The number of anilines is 3. The zero-order valence-electron chi connectivity index (χ0n) is 15.5. The Bertz CT molecular complexity index is 1220. The number of carbonyl (C=O) groups excluding carboxylic acids is 2. The van der Waals surface area contributed by atoms with Crippen molar-refractivity contribution < 1.29 is 61.0 Å². The van der Waals surface area contributed by atoms with Crippen LogP contribution in [0.1, 0.15) is 6.42 Å². The molecule has 3 aromatic carbocycles. The summed E-state index contributed by atoms with van der Waals surface area (Å²) < 4.78 is 0. The largest absolute Gasteiger partial charge is 1.00 e. The minimum Gasteiger partial charge on any atom is -0.330 e. The normalized spacial score (nSPS) is 13.4. The molecule has 0 unspecified atom stereocenters. The zero-order valence-corrected chi connectivity index (χ0v) is 18.7. The third-order valence-corrected chi connectivity index (χ3v) is 4.65. The van der Waals surface area contributed by atoms with E-state index in [2.05, 4.69) is 25.9 Å². The number of aromatic nitrogens is 4. The molecule has 0 spiro atoms. The molecule has 1 aliphatic rings. The smallest absolute Gasteiger partial charge is 0.330 e. The molecule has 1 aliphatic heterocycles. The standard InChI is InChI=1S/C20H14N6O2.K/c27-17-11-18(28)26(14-6-3-5-13(10-14)20-22-24-25-23-20)16-9-8-12-4-1-2-7-15(12)19(16)21-17;/h1-10H,11H2,(H2,21,22,23,24,25,27);/q;+1/p-1. The Labute approximate surface area is 208 Å². The van der Waals surface area contributed by atoms with Crippen molar-refractivity contribution in [2.45, 2.75) is 6.42 Å². The van der Waals surface area contributed by atoms with Crippen molar-refractivity contribution in [1.82, 2.24) is 20.6 Å². The average Bonchev–Trinajstić information content (AvgIpc) is 3.20. The van der Waals surface area contributed by atoms with Crippen LogP contribution in [-0.2, 0) is 9.59 Å². The molecule has 29 heavy (non-hydrogen) atoms. The Hall–Kier alpha value is -2.43. The van der Waals surface area contributed by atoms with Crippen molar-refractivity contribution in [2.24, 2.45) is 0 Å². The fourth-order valence-electron chi connectivity index (χ4n) is 3.44.